The lowest BCUT2D eigenvalue weighted by atomic mass is 10.1. The van der Waals surface area contributed by atoms with E-state index in [0.29, 0.717) is 12.0 Å². The smallest absolute Gasteiger partial charge is 0.143 e. The average molecular weight is 290 g/mol. The van der Waals surface area contributed by atoms with Crippen LogP contribution in [0, 0.1) is 34.9 Å². The minimum Gasteiger partial charge on any atom is -0.205 e. The van der Waals surface area contributed by atoms with Crippen LogP contribution in [0.2, 0.25) is 19.6 Å². The molecule has 0 saturated carbocycles. The number of unbranched alkanes of at least 4 members (excludes halogenated alkanes) is 2. The molecule has 0 aliphatic carbocycles. The Morgan fingerprint density at radius 2 is 1.65 bits per heavy atom. The Hall–Kier alpha value is -1.58. The number of hydrogen-bond acceptors (Lipinski definition) is 0. The van der Waals surface area contributed by atoms with Crippen molar-refractivity contribution >= 4 is 8.07 Å². The van der Waals surface area contributed by atoms with Gasteiger partial charge in [-0.05, 0) is 18.6 Å². The topological polar surface area (TPSA) is 0 Å². The lowest BCUT2D eigenvalue weighted by molar-refractivity contribution is 0.577. The Bertz CT molecular complexity index is 566. The van der Waals surface area contributed by atoms with Gasteiger partial charge in [0.25, 0.3) is 0 Å². The second-order valence-electron chi connectivity index (χ2n) is 5.72. The number of hydrogen-bond donors (Lipinski definition) is 0. The normalized spacial score (nSPS) is 10.3. The van der Waals surface area contributed by atoms with E-state index in [2.05, 4.69) is 49.9 Å². The molecule has 0 aliphatic heterocycles. The fourth-order valence-corrected chi connectivity index (χ4v) is 1.96. The van der Waals surface area contributed by atoms with Crippen LogP contribution >= 0.6 is 0 Å². The van der Waals surface area contributed by atoms with Gasteiger partial charge in [-0.1, -0.05) is 50.7 Å². The first-order valence-corrected chi connectivity index (χ1v) is 10.3. The number of halogens is 2. The number of benzene rings is 1. The third kappa shape index (κ3) is 5.59. The van der Waals surface area contributed by atoms with Crippen LogP contribution in [0.4, 0.5) is 8.78 Å². The molecule has 0 N–H and O–H groups in total. The minimum atomic E-state index is -1.55. The SMILES string of the molecule is CCCCC#Cc1c(F)cc(C#C[Si](C)(C)C)cc1F. The van der Waals surface area contributed by atoms with Crippen LogP contribution in [-0.4, -0.2) is 8.07 Å². The van der Waals surface area contributed by atoms with E-state index in [1.807, 2.05) is 0 Å². The zero-order valence-corrected chi connectivity index (χ0v) is 13.5. The van der Waals surface area contributed by atoms with Gasteiger partial charge in [0.1, 0.15) is 19.7 Å². The molecule has 1 rings (SSSR count). The highest BCUT2D eigenvalue weighted by atomic mass is 28.3. The van der Waals surface area contributed by atoms with Gasteiger partial charge in [-0.3, -0.25) is 0 Å². The Morgan fingerprint density at radius 3 is 2.15 bits per heavy atom. The Morgan fingerprint density at radius 1 is 1.05 bits per heavy atom. The monoisotopic (exact) mass is 290 g/mol. The summed E-state index contributed by atoms with van der Waals surface area (Å²) in [4.78, 5) is 0. The Balaban J connectivity index is 3.02. The van der Waals surface area contributed by atoms with Crippen molar-refractivity contribution in [3.05, 3.63) is 34.9 Å². The Labute approximate surface area is 121 Å². The van der Waals surface area contributed by atoms with Gasteiger partial charge in [0.2, 0.25) is 0 Å². The van der Waals surface area contributed by atoms with E-state index in [1.165, 1.54) is 12.1 Å². The van der Waals surface area contributed by atoms with Gasteiger partial charge in [-0.25, -0.2) is 8.78 Å². The molecule has 0 spiro atoms. The minimum absolute atomic E-state index is 0.153. The van der Waals surface area contributed by atoms with E-state index >= 15 is 0 Å². The number of rotatable bonds is 2. The molecule has 106 valence electrons. The molecule has 0 bridgehead atoms. The van der Waals surface area contributed by atoms with Gasteiger partial charge in [0, 0.05) is 12.0 Å². The van der Waals surface area contributed by atoms with Gasteiger partial charge in [-0.2, -0.15) is 0 Å². The van der Waals surface area contributed by atoms with E-state index in [0.717, 1.165) is 12.8 Å². The summed E-state index contributed by atoms with van der Waals surface area (Å²) in [6.45, 7) is 8.30. The second-order valence-corrected chi connectivity index (χ2v) is 10.5. The second kappa shape index (κ2) is 7.27. The molecule has 1 aromatic carbocycles. The van der Waals surface area contributed by atoms with Gasteiger partial charge in [0.15, 0.2) is 0 Å². The van der Waals surface area contributed by atoms with Gasteiger partial charge in [0.05, 0.1) is 5.56 Å². The zero-order valence-electron chi connectivity index (χ0n) is 12.5. The van der Waals surface area contributed by atoms with Crippen molar-refractivity contribution < 1.29 is 8.78 Å². The molecule has 3 heteroatoms. The molecule has 20 heavy (non-hydrogen) atoms. The standard InChI is InChI=1S/C17H20F2Si/c1-5-6-7-8-9-15-16(18)12-14(13-17(15)19)10-11-20(2,3)4/h12-13H,5-7H2,1-4H3. The molecule has 0 amide bonds. The van der Waals surface area contributed by atoms with Crippen LogP contribution in [0.3, 0.4) is 0 Å². The quantitative estimate of drug-likeness (QED) is 0.419. The summed E-state index contributed by atoms with van der Waals surface area (Å²) in [6, 6.07) is 2.53. The lowest BCUT2D eigenvalue weighted by Gasteiger charge is -2.04. The van der Waals surface area contributed by atoms with E-state index in [-0.39, 0.29) is 5.56 Å². The molecule has 0 aromatic heterocycles. The summed E-state index contributed by atoms with van der Waals surface area (Å²) in [5.74, 6) is 6.97. The maximum absolute atomic E-state index is 13.8. The van der Waals surface area contributed by atoms with E-state index in [1.54, 1.807) is 0 Å². The van der Waals surface area contributed by atoms with E-state index in [4.69, 9.17) is 0 Å². The highest BCUT2D eigenvalue weighted by Crippen LogP contribution is 2.14. The molecular formula is C17H20F2Si. The van der Waals surface area contributed by atoms with Crippen LogP contribution in [-0.2, 0) is 0 Å². The van der Waals surface area contributed by atoms with Crippen molar-refractivity contribution in [1.29, 1.82) is 0 Å². The molecule has 0 aliphatic rings. The summed E-state index contributed by atoms with van der Waals surface area (Å²) >= 11 is 0. The first kappa shape index (κ1) is 16.5. The molecule has 1 aromatic rings. The van der Waals surface area contributed by atoms with Crippen LogP contribution in [0.1, 0.15) is 37.3 Å². The summed E-state index contributed by atoms with van der Waals surface area (Å²) < 4.78 is 27.7. The van der Waals surface area contributed by atoms with Gasteiger partial charge in [-0.15, -0.1) is 5.54 Å². The summed E-state index contributed by atoms with van der Waals surface area (Å²) in [6.07, 6.45) is 2.62. The summed E-state index contributed by atoms with van der Waals surface area (Å²) in [7, 11) is -1.55. The predicted molar refractivity (Wildman–Crippen MR) is 83.0 cm³/mol. The average Bonchev–Trinajstić information content (AvgIpc) is 2.34. The van der Waals surface area contributed by atoms with Crippen molar-refractivity contribution in [2.24, 2.45) is 0 Å². The molecule has 0 saturated heterocycles. The molecule has 0 nitrogen and oxygen atoms in total. The van der Waals surface area contributed by atoms with Crippen molar-refractivity contribution in [3.8, 4) is 23.3 Å². The maximum Gasteiger partial charge on any atom is 0.143 e. The van der Waals surface area contributed by atoms with Crippen LogP contribution in [0.25, 0.3) is 0 Å². The zero-order chi connectivity index (χ0) is 15.2. The van der Waals surface area contributed by atoms with Crippen molar-refractivity contribution in [3.63, 3.8) is 0 Å². The molecule has 0 heterocycles. The maximum atomic E-state index is 13.8. The molecule has 0 fully saturated rings. The fraction of sp³-hybridized carbons (Fsp3) is 0.412. The molecule has 0 unspecified atom stereocenters. The predicted octanol–water partition coefficient (Wildman–Crippen LogP) is 4.74. The van der Waals surface area contributed by atoms with Crippen molar-refractivity contribution in [1.82, 2.24) is 0 Å². The first-order chi connectivity index (χ1) is 9.33. The Kier molecular flexibility index (Phi) is 5.98. The highest BCUT2D eigenvalue weighted by Gasteiger charge is 2.10. The highest BCUT2D eigenvalue weighted by molar-refractivity contribution is 6.83. The van der Waals surface area contributed by atoms with Crippen molar-refractivity contribution in [2.45, 2.75) is 45.8 Å². The third-order valence-electron chi connectivity index (χ3n) is 2.49. The lowest BCUT2D eigenvalue weighted by Crippen LogP contribution is -2.16. The first-order valence-electron chi connectivity index (χ1n) is 6.84. The van der Waals surface area contributed by atoms with E-state index < -0.39 is 19.7 Å². The summed E-state index contributed by atoms with van der Waals surface area (Å²) in [5, 5.41) is 0. The van der Waals surface area contributed by atoms with Crippen molar-refractivity contribution in [2.75, 3.05) is 0 Å². The van der Waals surface area contributed by atoms with Crippen LogP contribution in [0.5, 0.6) is 0 Å². The fourth-order valence-electron chi connectivity index (χ4n) is 1.44. The molecular weight excluding hydrogens is 270 g/mol. The van der Waals surface area contributed by atoms with Gasteiger partial charge < -0.3 is 0 Å². The summed E-state index contributed by atoms with van der Waals surface area (Å²) in [5.41, 5.74) is 3.31. The molecule has 0 atom stereocenters. The van der Waals surface area contributed by atoms with E-state index in [9.17, 15) is 8.78 Å². The van der Waals surface area contributed by atoms with Gasteiger partial charge >= 0.3 is 0 Å². The van der Waals surface area contributed by atoms with Crippen LogP contribution < -0.4 is 0 Å². The molecule has 0 radical (unpaired) electrons. The third-order valence-corrected chi connectivity index (χ3v) is 3.37. The van der Waals surface area contributed by atoms with Crippen LogP contribution in [0.15, 0.2) is 12.1 Å². The largest absolute Gasteiger partial charge is 0.205 e.